The summed E-state index contributed by atoms with van der Waals surface area (Å²) in [4.78, 5) is 23.8. The van der Waals surface area contributed by atoms with Crippen LogP contribution in [0.2, 0.25) is 5.02 Å². The van der Waals surface area contributed by atoms with Crippen LogP contribution in [0.25, 0.3) is 0 Å². The van der Waals surface area contributed by atoms with Crippen molar-refractivity contribution in [3.8, 4) is 0 Å². The van der Waals surface area contributed by atoms with Gasteiger partial charge in [0.15, 0.2) is 0 Å². The second-order valence-electron chi connectivity index (χ2n) is 5.92. The Morgan fingerprint density at radius 3 is 2.76 bits per heavy atom. The number of carbonyl (C=O) groups excluding carboxylic acids is 2. The Bertz CT molecular complexity index is 602. The summed E-state index contributed by atoms with van der Waals surface area (Å²) >= 11 is 5.94. The van der Waals surface area contributed by atoms with E-state index >= 15 is 0 Å². The molecule has 6 heteroatoms. The van der Waals surface area contributed by atoms with E-state index in [0.29, 0.717) is 18.4 Å². The number of hydrogen-bond acceptors (Lipinski definition) is 2. The van der Waals surface area contributed by atoms with Crippen LogP contribution < -0.4 is 10.6 Å². The van der Waals surface area contributed by atoms with Crippen molar-refractivity contribution in [2.24, 2.45) is 0 Å². The molecule has 4 nitrogen and oxygen atoms in total. The van der Waals surface area contributed by atoms with Crippen LogP contribution in [0.4, 0.5) is 4.39 Å². The Morgan fingerprint density at radius 1 is 1.48 bits per heavy atom. The molecule has 114 valence electrons. The number of hydrogen-bond donors (Lipinski definition) is 2. The zero-order valence-corrected chi connectivity index (χ0v) is 13.0. The van der Waals surface area contributed by atoms with Crippen LogP contribution >= 0.6 is 11.6 Å². The summed E-state index contributed by atoms with van der Waals surface area (Å²) in [6.45, 7) is 5.28. The standard InChI is InChI=1S/C15H18ClFN2O2/c1-8-6-9(10(16)7-11(8)17)14(21)18-12-4-5-13(20)19-15(12,2)3/h6-7,12H,4-5H2,1-3H3,(H,18,21)(H,19,20). The number of carbonyl (C=O) groups is 2. The summed E-state index contributed by atoms with van der Waals surface area (Å²) in [6, 6.07) is 2.37. The second kappa shape index (κ2) is 5.64. The molecule has 1 aliphatic heterocycles. The molecular formula is C15H18ClFN2O2. The van der Waals surface area contributed by atoms with Gasteiger partial charge in [0, 0.05) is 6.42 Å². The Hall–Kier alpha value is -1.62. The van der Waals surface area contributed by atoms with E-state index in [1.807, 2.05) is 13.8 Å². The molecule has 1 aromatic carbocycles. The predicted molar refractivity (Wildman–Crippen MR) is 78.9 cm³/mol. The SMILES string of the molecule is Cc1cc(C(=O)NC2CCC(=O)NC2(C)C)c(Cl)cc1F. The topological polar surface area (TPSA) is 58.2 Å². The third kappa shape index (κ3) is 3.35. The summed E-state index contributed by atoms with van der Waals surface area (Å²) in [6.07, 6.45) is 0.924. The number of rotatable bonds is 2. The fourth-order valence-electron chi connectivity index (χ4n) is 2.47. The molecule has 1 unspecified atom stereocenters. The first kappa shape index (κ1) is 15.8. The maximum atomic E-state index is 13.4. The number of benzene rings is 1. The largest absolute Gasteiger partial charge is 0.349 e. The zero-order valence-electron chi connectivity index (χ0n) is 12.2. The fourth-order valence-corrected chi connectivity index (χ4v) is 2.70. The van der Waals surface area contributed by atoms with Crippen LogP contribution in [0, 0.1) is 12.7 Å². The molecule has 0 saturated carbocycles. The van der Waals surface area contributed by atoms with E-state index in [2.05, 4.69) is 10.6 Å². The number of amides is 2. The Morgan fingerprint density at radius 2 is 2.14 bits per heavy atom. The molecule has 0 aliphatic carbocycles. The van der Waals surface area contributed by atoms with Crippen LogP contribution in [0.15, 0.2) is 12.1 Å². The third-order valence-corrected chi connectivity index (χ3v) is 4.10. The summed E-state index contributed by atoms with van der Waals surface area (Å²) in [5.74, 6) is -0.833. The molecule has 2 rings (SSSR count). The van der Waals surface area contributed by atoms with Crippen molar-refractivity contribution in [2.75, 3.05) is 0 Å². The van der Waals surface area contributed by atoms with Crippen LogP contribution in [0.1, 0.15) is 42.6 Å². The van der Waals surface area contributed by atoms with Crippen molar-refractivity contribution >= 4 is 23.4 Å². The predicted octanol–water partition coefficient (Wildman–Crippen LogP) is 2.57. The lowest BCUT2D eigenvalue weighted by Gasteiger charge is -2.39. The van der Waals surface area contributed by atoms with E-state index in [1.165, 1.54) is 6.07 Å². The van der Waals surface area contributed by atoms with Crippen molar-refractivity contribution in [1.29, 1.82) is 0 Å². The van der Waals surface area contributed by atoms with Gasteiger partial charge in [-0.05, 0) is 44.9 Å². The van der Waals surface area contributed by atoms with Gasteiger partial charge in [0.2, 0.25) is 5.91 Å². The third-order valence-electron chi connectivity index (χ3n) is 3.79. The number of halogens is 2. The van der Waals surface area contributed by atoms with Crippen molar-refractivity contribution in [3.63, 3.8) is 0 Å². The fraction of sp³-hybridized carbons (Fsp3) is 0.467. The lowest BCUT2D eigenvalue weighted by atomic mass is 9.86. The van der Waals surface area contributed by atoms with E-state index in [4.69, 9.17) is 11.6 Å². The van der Waals surface area contributed by atoms with Gasteiger partial charge in [0.1, 0.15) is 5.82 Å². The molecule has 1 aromatic rings. The van der Waals surface area contributed by atoms with Crippen molar-refractivity contribution < 1.29 is 14.0 Å². The van der Waals surface area contributed by atoms with Crippen LogP contribution in [-0.4, -0.2) is 23.4 Å². The smallest absolute Gasteiger partial charge is 0.253 e. The molecule has 0 spiro atoms. The first-order chi connectivity index (χ1) is 9.70. The van der Waals surface area contributed by atoms with E-state index in [1.54, 1.807) is 6.92 Å². The highest BCUT2D eigenvalue weighted by Crippen LogP contribution is 2.23. The molecule has 1 atom stereocenters. The van der Waals surface area contributed by atoms with Gasteiger partial charge in [-0.25, -0.2) is 4.39 Å². The molecule has 0 bridgehead atoms. The minimum Gasteiger partial charge on any atom is -0.349 e. The molecular weight excluding hydrogens is 295 g/mol. The molecule has 2 amide bonds. The second-order valence-corrected chi connectivity index (χ2v) is 6.32. The lowest BCUT2D eigenvalue weighted by molar-refractivity contribution is -0.125. The minimum absolute atomic E-state index is 0.0267. The summed E-state index contributed by atoms with van der Waals surface area (Å²) in [7, 11) is 0. The average Bonchev–Trinajstić information content (AvgIpc) is 2.36. The monoisotopic (exact) mass is 312 g/mol. The molecule has 2 N–H and O–H groups in total. The van der Waals surface area contributed by atoms with Gasteiger partial charge in [0.25, 0.3) is 5.91 Å². The van der Waals surface area contributed by atoms with Gasteiger partial charge < -0.3 is 10.6 Å². The lowest BCUT2D eigenvalue weighted by Crippen LogP contribution is -2.62. The zero-order chi connectivity index (χ0) is 15.8. The van der Waals surface area contributed by atoms with Gasteiger partial charge in [-0.3, -0.25) is 9.59 Å². The highest BCUT2D eigenvalue weighted by molar-refractivity contribution is 6.33. The van der Waals surface area contributed by atoms with Gasteiger partial charge in [0.05, 0.1) is 22.2 Å². The molecule has 1 fully saturated rings. The maximum Gasteiger partial charge on any atom is 0.253 e. The van der Waals surface area contributed by atoms with Gasteiger partial charge in [-0.1, -0.05) is 11.6 Å². The molecule has 21 heavy (non-hydrogen) atoms. The number of nitrogens with one attached hydrogen (secondary N) is 2. The molecule has 1 aliphatic rings. The van der Waals surface area contributed by atoms with E-state index in [-0.39, 0.29) is 28.4 Å². The first-order valence-corrected chi connectivity index (χ1v) is 7.16. The Kier molecular flexibility index (Phi) is 4.23. The highest BCUT2D eigenvalue weighted by atomic mass is 35.5. The molecule has 1 heterocycles. The van der Waals surface area contributed by atoms with Crippen LogP contribution in [0.3, 0.4) is 0 Å². The van der Waals surface area contributed by atoms with Gasteiger partial charge in [-0.15, -0.1) is 0 Å². The van der Waals surface area contributed by atoms with E-state index < -0.39 is 11.4 Å². The Labute approximate surface area is 128 Å². The maximum absolute atomic E-state index is 13.4. The van der Waals surface area contributed by atoms with E-state index in [0.717, 1.165) is 6.07 Å². The quantitative estimate of drug-likeness (QED) is 0.882. The summed E-state index contributed by atoms with van der Waals surface area (Å²) < 4.78 is 13.4. The summed E-state index contributed by atoms with van der Waals surface area (Å²) in [5.41, 5.74) is 0.0658. The normalized spacial score (nSPS) is 20.8. The molecule has 1 saturated heterocycles. The van der Waals surface area contributed by atoms with Crippen molar-refractivity contribution in [1.82, 2.24) is 10.6 Å². The molecule has 0 radical (unpaired) electrons. The van der Waals surface area contributed by atoms with Crippen molar-refractivity contribution in [3.05, 3.63) is 34.1 Å². The average molecular weight is 313 g/mol. The first-order valence-electron chi connectivity index (χ1n) is 6.78. The van der Waals surface area contributed by atoms with Gasteiger partial charge >= 0.3 is 0 Å². The van der Waals surface area contributed by atoms with Gasteiger partial charge in [-0.2, -0.15) is 0 Å². The van der Waals surface area contributed by atoms with Crippen LogP contribution in [0.5, 0.6) is 0 Å². The highest BCUT2D eigenvalue weighted by Gasteiger charge is 2.36. The number of aryl methyl sites for hydroxylation is 1. The molecule has 0 aromatic heterocycles. The van der Waals surface area contributed by atoms with E-state index in [9.17, 15) is 14.0 Å². The van der Waals surface area contributed by atoms with Crippen molar-refractivity contribution in [2.45, 2.75) is 45.2 Å². The minimum atomic E-state index is -0.535. The number of piperidine rings is 1. The summed E-state index contributed by atoms with van der Waals surface area (Å²) in [5, 5.41) is 5.80. The van der Waals surface area contributed by atoms with Crippen LogP contribution in [-0.2, 0) is 4.79 Å². The Balaban J connectivity index is 2.18.